The summed E-state index contributed by atoms with van der Waals surface area (Å²) in [7, 11) is 0. The zero-order valence-electron chi connectivity index (χ0n) is 10.3. The molecular weight excluding hydrogens is 328 g/mol. The number of thiophene rings is 1. The largest absolute Gasteiger partial charge is 0.324 e. The Kier molecular flexibility index (Phi) is 4.68. The summed E-state index contributed by atoms with van der Waals surface area (Å²) in [5.74, 6) is 0. The predicted molar refractivity (Wildman–Crippen MR) is 80.4 cm³/mol. The Bertz CT molecular complexity index is 586. The monoisotopic (exact) mass is 340 g/mol. The molecule has 0 spiro atoms. The van der Waals surface area contributed by atoms with Gasteiger partial charge < -0.3 is 5.32 Å². The van der Waals surface area contributed by atoms with Crippen LogP contribution in [0, 0.1) is 10.1 Å². The van der Waals surface area contributed by atoms with E-state index in [2.05, 4.69) is 34.2 Å². The van der Waals surface area contributed by atoms with Gasteiger partial charge in [0.25, 0.3) is 0 Å². The van der Waals surface area contributed by atoms with E-state index < -0.39 is 0 Å². The van der Waals surface area contributed by atoms with Gasteiger partial charge in [0.15, 0.2) is 0 Å². The van der Waals surface area contributed by atoms with Crippen molar-refractivity contribution in [1.29, 1.82) is 0 Å². The maximum atomic E-state index is 10.6. The molecule has 0 aliphatic rings. The molecule has 0 saturated heterocycles. The maximum Gasteiger partial charge on any atom is 0.324 e. The first-order valence-electron chi connectivity index (χ1n) is 5.79. The van der Waals surface area contributed by atoms with Crippen LogP contribution in [-0.4, -0.2) is 4.92 Å². The third-order valence-electron chi connectivity index (χ3n) is 2.78. The van der Waals surface area contributed by atoms with Gasteiger partial charge in [-0.3, -0.25) is 10.1 Å². The van der Waals surface area contributed by atoms with Crippen molar-refractivity contribution in [3.8, 4) is 0 Å². The fraction of sp³-hybridized carbons (Fsp3) is 0.231. The fourth-order valence-corrected chi connectivity index (χ4v) is 3.15. The van der Waals surface area contributed by atoms with Crippen LogP contribution in [0.25, 0.3) is 0 Å². The third-order valence-corrected chi connectivity index (χ3v) is 4.54. The number of nitrogens with zero attached hydrogens (tertiary/aromatic N) is 1. The highest BCUT2D eigenvalue weighted by Crippen LogP contribution is 2.26. The topological polar surface area (TPSA) is 55.2 Å². The molecule has 1 unspecified atom stereocenters. The Morgan fingerprint density at radius 3 is 2.74 bits per heavy atom. The molecule has 4 nitrogen and oxygen atoms in total. The van der Waals surface area contributed by atoms with Crippen LogP contribution < -0.4 is 5.32 Å². The average molecular weight is 341 g/mol. The van der Waals surface area contributed by atoms with Gasteiger partial charge in [-0.2, -0.15) is 0 Å². The van der Waals surface area contributed by atoms with E-state index in [-0.39, 0.29) is 16.0 Å². The molecule has 1 atom stereocenters. The van der Waals surface area contributed by atoms with Crippen molar-refractivity contribution in [3.63, 3.8) is 0 Å². The minimum atomic E-state index is -0.356. The van der Waals surface area contributed by atoms with Crippen molar-refractivity contribution >= 4 is 32.3 Å². The Morgan fingerprint density at radius 1 is 1.37 bits per heavy atom. The summed E-state index contributed by atoms with van der Waals surface area (Å²) in [6, 6.07) is 11.5. The average Bonchev–Trinajstić information content (AvgIpc) is 2.85. The van der Waals surface area contributed by atoms with E-state index in [1.54, 1.807) is 12.1 Å². The Balaban J connectivity index is 1.98. The molecule has 2 aromatic rings. The van der Waals surface area contributed by atoms with Crippen LogP contribution in [0.3, 0.4) is 0 Å². The lowest BCUT2D eigenvalue weighted by molar-refractivity contribution is -0.380. The van der Waals surface area contributed by atoms with Crippen LogP contribution >= 0.6 is 27.3 Å². The van der Waals surface area contributed by atoms with Crippen LogP contribution in [0.1, 0.15) is 23.4 Å². The second kappa shape index (κ2) is 6.27. The van der Waals surface area contributed by atoms with Crippen molar-refractivity contribution in [2.75, 3.05) is 0 Å². The molecule has 1 aromatic carbocycles. The highest BCUT2D eigenvalue weighted by Gasteiger charge is 2.12. The van der Waals surface area contributed by atoms with Crippen molar-refractivity contribution in [2.45, 2.75) is 19.5 Å². The molecule has 0 radical (unpaired) electrons. The second-order valence-electron chi connectivity index (χ2n) is 4.12. The number of halogens is 1. The van der Waals surface area contributed by atoms with Crippen LogP contribution in [0.2, 0.25) is 0 Å². The predicted octanol–water partition coefficient (Wildman–Crippen LogP) is 4.27. The minimum absolute atomic E-state index is 0.178. The lowest BCUT2D eigenvalue weighted by Gasteiger charge is -2.15. The number of benzene rings is 1. The van der Waals surface area contributed by atoms with E-state index >= 15 is 0 Å². The summed E-state index contributed by atoms with van der Waals surface area (Å²) in [6.45, 7) is 2.70. The normalized spacial score (nSPS) is 12.3. The maximum absolute atomic E-state index is 10.6. The molecule has 19 heavy (non-hydrogen) atoms. The van der Waals surface area contributed by atoms with Crippen molar-refractivity contribution in [2.24, 2.45) is 0 Å². The van der Waals surface area contributed by atoms with Gasteiger partial charge in [-0.15, -0.1) is 0 Å². The van der Waals surface area contributed by atoms with E-state index in [1.807, 2.05) is 18.2 Å². The molecule has 1 N–H and O–H groups in total. The summed E-state index contributed by atoms with van der Waals surface area (Å²) in [6.07, 6.45) is 0. The number of nitro groups is 1. The number of rotatable bonds is 5. The Hall–Kier alpha value is -1.24. The molecular formula is C13H13BrN2O2S. The molecule has 0 amide bonds. The summed E-state index contributed by atoms with van der Waals surface area (Å²) in [5.41, 5.74) is 1.17. The van der Waals surface area contributed by atoms with E-state index in [9.17, 15) is 10.1 Å². The van der Waals surface area contributed by atoms with Crippen LogP contribution in [0.15, 0.2) is 40.9 Å². The summed E-state index contributed by atoms with van der Waals surface area (Å²) >= 11 is 4.73. The number of hydrogen-bond acceptors (Lipinski definition) is 4. The second-order valence-corrected chi connectivity index (χ2v) is 6.12. The number of nitrogens with one attached hydrogen (secondary N) is 1. The van der Waals surface area contributed by atoms with Crippen molar-refractivity contribution < 1.29 is 4.92 Å². The van der Waals surface area contributed by atoms with Crippen LogP contribution in [0.4, 0.5) is 5.00 Å². The SMILES string of the molecule is CC(NCc1ccc([N+](=O)[O-])s1)c1ccccc1Br. The molecule has 1 aromatic heterocycles. The molecule has 100 valence electrons. The van der Waals surface area contributed by atoms with Gasteiger partial charge >= 0.3 is 5.00 Å². The molecule has 0 bridgehead atoms. The van der Waals surface area contributed by atoms with Gasteiger partial charge in [-0.05, 0) is 24.6 Å². The molecule has 0 saturated carbocycles. The van der Waals surface area contributed by atoms with Gasteiger partial charge in [-0.25, -0.2) is 0 Å². The standard InChI is InChI=1S/C13H13BrN2O2S/c1-9(11-4-2-3-5-12(11)14)15-8-10-6-7-13(19-10)16(17)18/h2-7,9,15H,8H2,1H3. The van der Waals surface area contributed by atoms with E-state index in [1.165, 1.54) is 16.9 Å². The van der Waals surface area contributed by atoms with Gasteiger partial charge in [0.05, 0.1) is 4.92 Å². The first-order valence-corrected chi connectivity index (χ1v) is 7.40. The molecule has 2 rings (SSSR count). The highest BCUT2D eigenvalue weighted by molar-refractivity contribution is 9.10. The van der Waals surface area contributed by atoms with Crippen LogP contribution in [-0.2, 0) is 6.54 Å². The quantitative estimate of drug-likeness (QED) is 0.653. The lowest BCUT2D eigenvalue weighted by Crippen LogP contribution is -2.17. The highest BCUT2D eigenvalue weighted by atomic mass is 79.9. The zero-order valence-corrected chi connectivity index (χ0v) is 12.7. The molecule has 6 heteroatoms. The molecule has 1 heterocycles. The van der Waals surface area contributed by atoms with Gasteiger partial charge in [0.1, 0.15) is 0 Å². The fourth-order valence-electron chi connectivity index (χ4n) is 1.75. The smallest absolute Gasteiger partial charge is 0.305 e. The molecule has 0 aliphatic heterocycles. The third kappa shape index (κ3) is 3.62. The van der Waals surface area contributed by atoms with Crippen molar-refractivity contribution in [1.82, 2.24) is 5.32 Å². The summed E-state index contributed by atoms with van der Waals surface area (Å²) in [5, 5.41) is 14.2. The van der Waals surface area contributed by atoms with Crippen molar-refractivity contribution in [3.05, 3.63) is 61.4 Å². The Labute approximate surface area is 123 Å². The first-order chi connectivity index (χ1) is 9.08. The van der Waals surface area contributed by atoms with E-state index in [0.717, 1.165) is 9.35 Å². The van der Waals surface area contributed by atoms with E-state index in [0.29, 0.717) is 6.54 Å². The minimum Gasteiger partial charge on any atom is -0.305 e. The lowest BCUT2D eigenvalue weighted by atomic mass is 10.1. The zero-order chi connectivity index (χ0) is 13.8. The van der Waals surface area contributed by atoms with E-state index in [4.69, 9.17) is 0 Å². The molecule has 0 aliphatic carbocycles. The van der Waals surface area contributed by atoms with Gasteiger partial charge in [0, 0.05) is 28.0 Å². The van der Waals surface area contributed by atoms with Gasteiger partial charge in [-0.1, -0.05) is 45.5 Å². The molecule has 0 fully saturated rings. The first kappa shape index (κ1) is 14.2. The van der Waals surface area contributed by atoms with Crippen LogP contribution in [0.5, 0.6) is 0 Å². The number of hydrogen-bond donors (Lipinski definition) is 1. The van der Waals surface area contributed by atoms with Gasteiger partial charge in [0.2, 0.25) is 0 Å². The Morgan fingerprint density at radius 2 is 2.11 bits per heavy atom. The summed E-state index contributed by atoms with van der Waals surface area (Å²) in [4.78, 5) is 11.2. The summed E-state index contributed by atoms with van der Waals surface area (Å²) < 4.78 is 1.06.